The molecule has 0 atom stereocenters. The maximum Gasteiger partial charge on any atom is 0.125 e. The molecule has 0 aromatic carbocycles. The molecule has 0 heterocycles. The van der Waals surface area contributed by atoms with Gasteiger partial charge < -0.3 is 10.6 Å². The van der Waals surface area contributed by atoms with Crippen molar-refractivity contribution in [2.24, 2.45) is 0 Å². The fraction of sp³-hybridized carbons (Fsp3) is 1.00. The lowest BCUT2D eigenvalue weighted by molar-refractivity contribution is -0.742. The van der Waals surface area contributed by atoms with E-state index in [-0.39, 0.29) is 0 Å². The molecule has 0 bridgehead atoms. The topological polar surface area (TPSA) is 33.2 Å². The van der Waals surface area contributed by atoms with Crippen molar-refractivity contribution in [3.8, 4) is 0 Å². The second-order valence-corrected chi connectivity index (χ2v) is 4.64. The van der Waals surface area contributed by atoms with E-state index in [1.165, 1.54) is 64.6 Å². The van der Waals surface area contributed by atoms with E-state index in [1.54, 1.807) is 0 Å². The number of hydrogen-bond acceptors (Lipinski definition) is 0. The summed E-state index contributed by atoms with van der Waals surface area (Å²) >= 11 is 0. The smallest absolute Gasteiger partial charge is 0.125 e. The first kappa shape index (κ1) is 12.0. The van der Waals surface area contributed by atoms with Crippen LogP contribution >= 0.6 is 0 Å². The van der Waals surface area contributed by atoms with Crippen molar-refractivity contribution in [2.75, 3.05) is 19.6 Å². The molecule has 1 rings (SSSR count). The van der Waals surface area contributed by atoms with Crippen LogP contribution in [0.25, 0.3) is 0 Å². The first-order valence-corrected chi connectivity index (χ1v) is 6.58. The van der Waals surface area contributed by atoms with E-state index in [0.29, 0.717) is 0 Å². The highest BCUT2D eigenvalue weighted by Crippen LogP contribution is 2.14. The highest BCUT2D eigenvalue weighted by atomic mass is 15.0. The normalized spacial score (nSPS) is 18.6. The molecule has 0 aromatic rings. The average Bonchev–Trinajstić information content (AvgIpc) is 2.25. The number of nitrogens with two attached hydrogens (primary N) is 2. The summed E-state index contributed by atoms with van der Waals surface area (Å²) in [7, 11) is 0. The first-order valence-electron chi connectivity index (χ1n) is 6.58. The van der Waals surface area contributed by atoms with Crippen molar-refractivity contribution in [3.05, 3.63) is 0 Å². The third kappa shape index (κ3) is 5.61. The molecule has 2 heteroatoms. The Balaban J connectivity index is 1.82. The molecule has 0 unspecified atom stereocenters. The van der Waals surface area contributed by atoms with Crippen LogP contribution in [0.2, 0.25) is 0 Å². The van der Waals surface area contributed by atoms with Crippen LogP contribution in [0, 0.1) is 0 Å². The predicted octanol–water partition coefficient (Wildman–Crippen LogP) is 0.246. The summed E-state index contributed by atoms with van der Waals surface area (Å²) in [5.41, 5.74) is 0. The quantitative estimate of drug-likeness (QED) is 0.552. The lowest BCUT2D eigenvalue weighted by Gasteiger charge is -2.19. The molecule has 1 aliphatic rings. The molecule has 0 amide bonds. The van der Waals surface area contributed by atoms with Gasteiger partial charge in [0.25, 0.3) is 0 Å². The summed E-state index contributed by atoms with van der Waals surface area (Å²) in [5.74, 6) is 0. The van der Waals surface area contributed by atoms with Gasteiger partial charge in [0, 0.05) is 0 Å². The van der Waals surface area contributed by atoms with Crippen LogP contribution in [0.15, 0.2) is 0 Å². The van der Waals surface area contributed by atoms with E-state index in [9.17, 15) is 0 Å². The Morgan fingerprint density at radius 2 is 1.79 bits per heavy atom. The molecule has 4 N–H and O–H groups in total. The summed E-state index contributed by atoms with van der Waals surface area (Å²) in [5, 5.41) is 5.06. The molecule has 84 valence electrons. The molecular formula is C12H28N2+2. The Labute approximate surface area is 88.8 Å². The third-order valence-electron chi connectivity index (χ3n) is 3.28. The number of unbranched alkanes of at least 4 members (excludes halogenated alkanes) is 1. The monoisotopic (exact) mass is 200 g/mol. The fourth-order valence-electron chi connectivity index (χ4n) is 2.31. The van der Waals surface area contributed by atoms with Crippen LogP contribution in [-0.4, -0.2) is 25.7 Å². The average molecular weight is 200 g/mol. The van der Waals surface area contributed by atoms with Crippen LogP contribution < -0.4 is 10.6 Å². The molecule has 0 radical (unpaired) electrons. The van der Waals surface area contributed by atoms with Gasteiger partial charge in [0.2, 0.25) is 0 Å². The van der Waals surface area contributed by atoms with Crippen molar-refractivity contribution in [2.45, 2.75) is 57.9 Å². The van der Waals surface area contributed by atoms with Crippen molar-refractivity contribution < 1.29 is 10.6 Å². The molecule has 1 fully saturated rings. The molecule has 0 spiro atoms. The summed E-state index contributed by atoms with van der Waals surface area (Å²) < 4.78 is 0. The first-order chi connectivity index (χ1) is 6.93. The Bertz CT molecular complexity index is 119. The Morgan fingerprint density at radius 1 is 1.00 bits per heavy atom. The van der Waals surface area contributed by atoms with Gasteiger partial charge in [0.1, 0.15) is 13.1 Å². The van der Waals surface area contributed by atoms with E-state index in [4.69, 9.17) is 0 Å². The number of rotatable bonds is 7. The van der Waals surface area contributed by atoms with Crippen LogP contribution in [0.1, 0.15) is 51.9 Å². The van der Waals surface area contributed by atoms with Crippen molar-refractivity contribution in [1.82, 2.24) is 0 Å². The molecule has 0 saturated heterocycles. The minimum Gasteiger partial charge on any atom is -0.342 e. The Morgan fingerprint density at radius 3 is 2.50 bits per heavy atom. The molecule has 1 saturated carbocycles. The SMILES string of the molecule is CCCC[NH2+]CC[NH2+]C1CCCCC1. The maximum absolute atomic E-state index is 2.58. The van der Waals surface area contributed by atoms with Gasteiger partial charge in [0.15, 0.2) is 0 Å². The molecule has 1 aliphatic carbocycles. The van der Waals surface area contributed by atoms with E-state index in [0.717, 1.165) is 6.04 Å². The molecule has 0 aromatic heterocycles. The van der Waals surface area contributed by atoms with Gasteiger partial charge in [-0.3, -0.25) is 0 Å². The second-order valence-electron chi connectivity index (χ2n) is 4.64. The van der Waals surface area contributed by atoms with E-state index in [2.05, 4.69) is 17.6 Å². The molecule has 0 aliphatic heterocycles. The zero-order valence-corrected chi connectivity index (χ0v) is 9.80. The van der Waals surface area contributed by atoms with Gasteiger partial charge in [0.05, 0.1) is 12.6 Å². The van der Waals surface area contributed by atoms with E-state index in [1.807, 2.05) is 0 Å². The summed E-state index contributed by atoms with van der Waals surface area (Å²) in [6.07, 6.45) is 10.1. The number of hydrogen-bond donors (Lipinski definition) is 2. The summed E-state index contributed by atoms with van der Waals surface area (Å²) in [6, 6.07) is 0.961. The van der Waals surface area contributed by atoms with Gasteiger partial charge >= 0.3 is 0 Å². The van der Waals surface area contributed by atoms with Gasteiger partial charge in [-0.1, -0.05) is 19.8 Å². The van der Waals surface area contributed by atoms with Gasteiger partial charge in [-0.25, -0.2) is 0 Å². The minimum absolute atomic E-state index is 0.961. The van der Waals surface area contributed by atoms with Gasteiger partial charge in [-0.05, 0) is 32.1 Å². The van der Waals surface area contributed by atoms with E-state index < -0.39 is 0 Å². The molecular weight excluding hydrogens is 172 g/mol. The molecule has 2 nitrogen and oxygen atoms in total. The second kappa shape index (κ2) is 8.25. The standard InChI is InChI=1S/C12H26N2/c1-2-3-9-13-10-11-14-12-7-5-4-6-8-12/h12-14H,2-11H2,1H3/p+2. The van der Waals surface area contributed by atoms with Crippen molar-refractivity contribution in [1.29, 1.82) is 0 Å². The third-order valence-corrected chi connectivity index (χ3v) is 3.28. The zero-order chi connectivity index (χ0) is 10.1. The maximum atomic E-state index is 2.58. The molecule has 14 heavy (non-hydrogen) atoms. The Hall–Kier alpha value is -0.0800. The van der Waals surface area contributed by atoms with Crippen molar-refractivity contribution in [3.63, 3.8) is 0 Å². The summed E-state index contributed by atoms with van der Waals surface area (Å²) in [6.45, 7) is 6.24. The Kier molecular flexibility index (Phi) is 7.06. The van der Waals surface area contributed by atoms with Crippen molar-refractivity contribution >= 4 is 0 Å². The highest BCUT2D eigenvalue weighted by molar-refractivity contribution is 4.61. The lowest BCUT2D eigenvalue weighted by atomic mass is 9.95. The van der Waals surface area contributed by atoms with E-state index >= 15 is 0 Å². The van der Waals surface area contributed by atoms with Crippen LogP contribution in [0.3, 0.4) is 0 Å². The largest absolute Gasteiger partial charge is 0.342 e. The van der Waals surface area contributed by atoms with Gasteiger partial charge in [-0.15, -0.1) is 0 Å². The number of quaternary nitrogens is 2. The fourth-order valence-corrected chi connectivity index (χ4v) is 2.31. The highest BCUT2D eigenvalue weighted by Gasteiger charge is 2.15. The predicted molar refractivity (Wildman–Crippen MR) is 60.2 cm³/mol. The van der Waals surface area contributed by atoms with Crippen LogP contribution in [0.5, 0.6) is 0 Å². The lowest BCUT2D eigenvalue weighted by Crippen LogP contribution is -2.97. The van der Waals surface area contributed by atoms with Crippen LogP contribution in [-0.2, 0) is 0 Å². The zero-order valence-electron chi connectivity index (χ0n) is 9.80. The van der Waals surface area contributed by atoms with Crippen LogP contribution in [0.4, 0.5) is 0 Å². The van der Waals surface area contributed by atoms with Gasteiger partial charge in [-0.2, -0.15) is 0 Å². The minimum atomic E-state index is 0.961. The summed E-state index contributed by atoms with van der Waals surface area (Å²) in [4.78, 5) is 0.